The Hall–Kier alpha value is -0.610. The Morgan fingerprint density at radius 1 is 1.44 bits per heavy atom. The molecule has 18 heavy (non-hydrogen) atoms. The minimum Gasteiger partial charge on any atom is -0.393 e. The van der Waals surface area contributed by atoms with Crippen molar-refractivity contribution in [3.8, 4) is 0 Å². The Kier molecular flexibility index (Phi) is 7.28. The van der Waals surface area contributed by atoms with Gasteiger partial charge in [0.2, 0.25) is 5.91 Å². The van der Waals surface area contributed by atoms with Gasteiger partial charge in [-0.25, -0.2) is 0 Å². The van der Waals surface area contributed by atoms with E-state index in [-0.39, 0.29) is 17.9 Å². The summed E-state index contributed by atoms with van der Waals surface area (Å²) in [4.78, 5) is 14.0. The van der Waals surface area contributed by atoms with Crippen LogP contribution in [0.5, 0.6) is 0 Å². The molecule has 1 amide bonds. The fourth-order valence-corrected chi connectivity index (χ4v) is 2.40. The molecule has 1 aliphatic rings. The van der Waals surface area contributed by atoms with Crippen LogP contribution in [-0.2, 0) is 4.79 Å². The molecule has 0 spiro atoms. The quantitative estimate of drug-likeness (QED) is 0.677. The molecule has 0 bridgehead atoms. The second-order valence-corrected chi connectivity index (χ2v) is 5.41. The normalized spacial score (nSPS) is 19.7. The van der Waals surface area contributed by atoms with E-state index in [1.54, 1.807) is 0 Å². The van der Waals surface area contributed by atoms with Crippen LogP contribution in [0.25, 0.3) is 0 Å². The van der Waals surface area contributed by atoms with Crippen LogP contribution in [-0.4, -0.2) is 48.2 Å². The van der Waals surface area contributed by atoms with Crippen LogP contribution < -0.4 is 5.32 Å². The summed E-state index contributed by atoms with van der Waals surface area (Å²) in [6, 6.07) is 0. The SMILES string of the molecule is CCCC(C)C(=O)NCCCN1CCC(O)CC1. The molecule has 1 fully saturated rings. The fourth-order valence-electron chi connectivity index (χ4n) is 2.40. The van der Waals surface area contributed by atoms with Gasteiger partial charge in [0, 0.05) is 25.6 Å². The maximum atomic E-state index is 11.7. The Morgan fingerprint density at radius 3 is 2.72 bits per heavy atom. The first-order valence-corrected chi connectivity index (χ1v) is 7.31. The first kappa shape index (κ1) is 15.4. The predicted molar refractivity (Wildman–Crippen MR) is 73.4 cm³/mol. The molecule has 1 atom stereocenters. The topological polar surface area (TPSA) is 52.6 Å². The zero-order chi connectivity index (χ0) is 13.4. The molecule has 0 radical (unpaired) electrons. The third kappa shape index (κ3) is 5.83. The summed E-state index contributed by atoms with van der Waals surface area (Å²) in [7, 11) is 0. The number of rotatable bonds is 7. The van der Waals surface area contributed by atoms with E-state index >= 15 is 0 Å². The summed E-state index contributed by atoms with van der Waals surface area (Å²) >= 11 is 0. The molecule has 1 aliphatic heterocycles. The minimum atomic E-state index is -0.101. The molecule has 2 N–H and O–H groups in total. The van der Waals surface area contributed by atoms with Crippen molar-refractivity contribution in [3.63, 3.8) is 0 Å². The largest absolute Gasteiger partial charge is 0.393 e. The molecule has 4 nitrogen and oxygen atoms in total. The number of hydrogen-bond acceptors (Lipinski definition) is 3. The van der Waals surface area contributed by atoms with Crippen molar-refractivity contribution >= 4 is 5.91 Å². The number of likely N-dealkylation sites (tertiary alicyclic amines) is 1. The molecule has 0 aliphatic carbocycles. The van der Waals surface area contributed by atoms with E-state index in [0.29, 0.717) is 0 Å². The van der Waals surface area contributed by atoms with Crippen LogP contribution in [0.15, 0.2) is 0 Å². The van der Waals surface area contributed by atoms with Gasteiger partial charge >= 0.3 is 0 Å². The summed E-state index contributed by atoms with van der Waals surface area (Å²) < 4.78 is 0. The summed E-state index contributed by atoms with van der Waals surface area (Å²) in [5, 5.41) is 12.4. The van der Waals surface area contributed by atoms with Crippen molar-refractivity contribution in [3.05, 3.63) is 0 Å². The maximum Gasteiger partial charge on any atom is 0.222 e. The van der Waals surface area contributed by atoms with Crippen LogP contribution in [0.3, 0.4) is 0 Å². The highest BCUT2D eigenvalue weighted by Gasteiger charge is 2.16. The highest BCUT2D eigenvalue weighted by molar-refractivity contribution is 5.78. The Bertz CT molecular complexity index is 238. The van der Waals surface area contributed by atoms with Crippen molar-refractivity contribution in [1.29, 1.82) is 0 Å². The van der Waals surface area contributed by atoms with E-state index in [1.165, 1.54) is 0 Å². The molecule has 1 unspecified atom stereocenters. The van der Waals surface area contributed by atoms with Gasteiger partial charge in [-0.1, -0.05) is 20.3 Å². The smallest absolute Gasteiger partial charge is 0.222 e. The molecule has 1 heterocycles. The van der Waals surface area contributed by atoms with Gasteiger partial charge < -0.3 is 15.3 Å². The molecule has 1 saturated heterocycles. The monoisotopic (exact) mass is 256 g/mol. The standard InChI is InChI=1S/C14H28N2O2/c1-3-5-12(2)14(18)15-8-4-9-16-10-6-13(17)7-11-16/h12-13,17H,3-11H2,1-2H3,(H,15,18). The van der Waals surface area contributed by atoms with Crippen molar-refractivity contribution in [1.82, 2.24) is 10.2 Å². The molecule has 0 aromatic carbocycles. The molecule has 4 heteroatoms. The lowest BCUT2D eigenvalue weighted by Gasteiger charge is -2.29. The maximum absolute atomic E-state index is 11.7. The zero-order valence-corrected chi connectivity index (χ0v) is 11.8. The van der Waals surface area contributed by atoms with E-state index in [2.05, 4.69) is 17.1 Å². The van der Waals surface area contributed by atoms with Crippen molar-refractivity contribution in [2.24, 2.45) is 5.92 Å². The molecular weight excluding hydrogens is 228 g/mol. The molecule has 106 valence electrons. The van der Waals surface area contributed by atoms with Gasteiger partial charge in [-0.15, -0.1) is 0 Å². The van der Waals surface area contributed by atoms with Crippen LogP contribution in [0, 0.1) is 5.92 Å². The molecule has 0 aromatic rings. The Labute approximate surface area is 111 Å². The number of carbonyl (C=O) groups excluding carboxylic acids is 1. The number of carbonyl (C=O) groups is 1. The zero-order valence-electron chi connectivity index (χ0n) is 11.8. The molecule has 0 aromatic heterocycles. The van der Waals surface area contributed by atoms with Gasteiger partial charge in [0.05, 0.1) is 6.10 Å². The molecule has 1 rings (SSSR count). The highest BCUT2D eigenvalue weighted by Crippen LogP contribution is 2.09. The Balaban J connectivity index is 2.02. The van der Waals surface area contributed by atoms with Crippen LogP contribution in [0.4, 0.5) is 0 Å². The van der Waals surface area contributed by atoms with Gasteiger partial charge in [0.25, 0.3) is 0 Å². The fraction of sp³-hybridized carbons (Fsp3) is 0.929. The van der Waals surface area contributed by atoms with Crippen molar-refractivity contribution in [2.45, 2.75) is 52.1 Å². The first-order valence-electron chi connectivity index (χ1n) is 7.31. The van der Waals surface area contributed by atoms with E-state index in [4.69, 9.17) is 0 Å². The number of aliphatic hydroxyl groups is 1. The number of nitrogens with one attached hydrogen (secondary N) is 1. The minimum absolute atomic E-state index is 0.101. The number of piperidine rings is 1. The van der Waals surface area contributed by atoms with E-state index in [1.807, 2.05) is 6.92 Å². The van der Waals surface area contributed by atoms with Gasteiger partial charge in [-0.05, 0) is 32.2 Å². The van der Waals surface area contributed by atoms with Crippen LogP contribution >= 0.6 is 0 Å². The van der Waals surface area contributed by atoms with E-state index < -0.39 is 0 Å². The average Bonchev–Trinajstić information content (AvgIpc) is 2.36. The van der Waals surface area contributed by atoms with Crippen LogP contribution in [0.1, 0.15) is 46.0 Å². The molecule has 0 saturated carbocycles. The van der Waals surface area contributed by atoms with Crippen LogP contribution in [0.2, 0.25) is 0 Å². The van der Waals surface area contributed by atoms with Gasteiger partial charge in [0.1, 0.15) is 0 Å². The van der Waals surface area contributed by atoms with E-state index in [0.717, 1.165) is 58.3 Å². The number of nitrogens with zero attached hydrogens (tertiary/aromatic N) is 1. The number of amides is 1. The average molecular weight is 256 g/mol. The summed E-state index contributed by atoms with van der Waals surface area (Å²) in [6.45, 7) is 7.86. The lowest BCUT2D eigenvalue weighted by Crippen LogP contribution is -2.38. The first-order chi connectivity index (χ1) is 8.63. The van der Waals surface area contributed by atoms with Gasteiger partial charge in [0.15, 0.2) is 0 Å². The third-order valence-electron chi connectivity index (χ3n) is 3.68. The van der Waals surface area contributed by atoms with Crippen molar-refractivity contribution < 1.29 is 9.90 Å². The van der Waals surface area contributed by atoms with Gasteiger partial charge in [-0.2, -0.15) is 0 Å². The van der Waals surface area contributed by atoms with Crippen molar-refractivity contribution in [2.75, 3.05) is 26.2 Å². The van der Waals surface area contributed by atoms with Gasteiger partial charge in [-0.3, -0.25) is 4.79 Å². The second kappa shape index (κ2) is 8.48. The third-order valence-corrected chi connectivity index (χ3v) is 3.68. The number of aliphatic hydroxyl groups excluding tert-OH is 1. The summed E-state index contributed by atoms with van der Waals surface area (Å²) in [6.07, 6.45) is 4.71. The highest BCUT2D eigenvalue weighted by atomic mass is 16.3. The predicted octanol–water partition coefficient (Wildman–Crippen LogP) is 1.39. The second-order valence-electron chi connectivity index (χ2n) is 5.41. The Morgan fingerprint density at radius 2 is 2.11 bits per heavy atom. The number of hydrogen-bond donors (Lipinski definition) is 2. The molecular formula is C14H28N2O2. The summed E-state index contributed by atoms with van der Waals surface area (Å²) in [5.74, 6) is 0.325. The van der Waals surface area contributed by atoms with E-state index in [9.17, 15) is 9.90 Å². The lowest BCUT2D eigenvalue weighted by atomic mass is 10.1. The lowest BCUT2D eigenvalue weighted by molar-refractivity contribution is -0.124. The summed E-state index contributed by atoms with van der Waals surface area (Å²) in [5.41, 5.74) is 0.